The smallest absolute Gasteiger partial charge is 0.228 e. The van der Waals surface area contributed by atoms with Gasteiger partial charge in [0.2, 0.25) is 5.91 Å². The van der Waals surface area contributed by atoms with E-state index in [0.717, 1.165) is 22.5 Å². The summed E-state index contributed by atoms with van der Waals surface area (Å²) in [5.74, 6) is -0.277. The summed E-state index contributed by atoms with van der Waals surface area (Å²) in [6.45, 7) is 2.63. The third-order valence-corrected chi connectivity index (χ3v) is 4.06. The van der Waals surface area contributed by atoms with Crippen molar-refractivity contribution < 1.29 is 9.18 Å². The summed E-state index contributed by atoms with van der Waals surface area (Å²) in [5, 5.41) is 6.17. The van der Waals surface area contributed by atoms with Gasteiger partial charge in [-0.3, -0.25) is 4.79 Å². The maximum absolute atomic E-state index is 12.9. The van der Waals surface area contributed by atoms with E-state index in [1.54, 1.807) is 12.1 Å². The minimum atomic E-state index is -0.237. The SMILES string of the molecule is Cc1ccc(CC(=O)Nc2ccc(NCc3ccc(F)cc3)cc2)cc1. The minimum absolute atomic E-state index is 0.0409. The second-order valence-electron chi connectivity index (χ2n) is 6.27. The van der Waals surface area contributed by atoms with E-state index >= 15 is 0 Å². The van der Waals surface area contributed by atoms with E-state index in [9.17, 15) is 9.18 Å². The van der Waals surface area contributed by atoms with Crippen molar-refractivity contribution >= 4 is 17.3 Å². The standard InChI is InChI=1S/C22H21FN2O/c1-16-2-4-17(5-3-16)14-22(26)25-21-12-10-20(11-13-21)24-15-18-6-8-19(23)9-7-18/h2-13,24H,14-15H2,1H3,(H,25,26). The first-order valence-corrected chi connectivity index (χ1v) is 8.52. The third-order valence-electron chi connectivity index (χ3n) is 4.06. The zero-order valence-electron chi connectivity index (χ0n) is 14.6. The molecule has 0 atom stereocenters. The van der Waals surface area contributed by atoms with Crippen LogP contribution in [0.4, 0.5) is 15.8 Å². The number of aryl methyl sites for hydroxylation is 1. The average molecular weight is 348 g/mol. The van der Waals surface area contributed by atoms with Crippen LogP contribution in [0, 0.1) is 12.7 Å². The Balaban J connectivity index is 1.51. The maximum atomic E-state index is 12.9. The molecule has 2 N–H and O–H groups in total. The Bertz CT molecular complexity index is 856. The lowest BCUT2D eigenvalue weighted by Gasteiger charge is -2.09. The van der Waals surface area contributed by atoms with Crippen molar-refractivity contribution in [3.05, 3.63) is 95.3 Å². The van der Waals surface area contributed by atoms with Crippen molar-refractivity contribution in [1.82, 2.24) is 0 Å². The zero-order chi connectivity index (χ0) is 18.4. The monoisotopic (exact) mass is 348 g/mol. The zero-order valence-corrected chi connectivity index (χ0v) is 14.6. The van der Waals surface area contributed by atoms with Gasteiger partial charge in [-0.25, -0.2) is 4.39 Å². The summed E-state index contributed by atoms with van der Waals surface area (Å²) >= 11 is 0. The van der Waals surface area contributed by atoms with Crippen LogP contribution in [0.5, 0.6) is 0 Å². The molecule has 0 unspecified atom stereocenters. The summed E-state index contributed by atoms with van der Waals surface area (Å²) in [4.78, 5) is 12.1. The molecule has 0 bridgehead atoms. The van der Waals surface area contributed by atoms with Crippen molar-refractivity contribution in [2.24, 2.45) is 0 Å². The van der Waals surface area contributed by atoms with Gasteiger partial charge in [-0.05, 0) is 54.4 Å². The Kier molecular flexibility index (Phi) is 5.64. The fraction of sp³-hybridized carbons (Fsp3) is 0.136. The van der Waals surface area contributed by atoms with Crippen molar-refractivity contribution in [2.75, 3.05) is 10.6 Å². The number of anilines is 2. The second kappa shape index (κ2) is 8.30. The number of nitrogens with one attached hydrogen (secondary N) is 2. The molecule has 26 heavy (non-hydrogen) atoms. The van der Waals surface area contributed by atoms with Crippen molar-refractivity contribution in [1.29, 1.82) is 0 Å². The number of hydrogen-bond donors (Lipinski definition) is 2. The predicted octanol–water partition coefficient (Wildman–Crippen LogP) is 4.93. The lowest BCUT2D eigenvalue weighted by Crippen LogP contribution is -2.14. The molecule has 0 heterocycles. The van der Waals surface area contributed by atoms with Crippen LogP contribution in [0.1, 0.15) is 16.7 Å². The average Bonchev–Trinajstić information content (AvgIpc) is 2.64. The number of halogens is 1. The summed E-state index contributed by atoms with van der Waals surface area (Å²) in [7, 11) is 0. The largest absolute Gasteiger partial charge is 0.381 e. The molecule has 3 aromatic carbocycles. The van der Waals surface area contributed by atoms with Gasteiger partial charge in [0.1, 0.15) is 5.82 Å². The molecular weight excluding hydrogens is 327 g/mol. The highest BCUT2D eigenvalue weighted by Crippen LogP contribution is 2.15. The summed E-state index contributed by atoms with van der Waals surface area (Å²) < 4.78 is 12.9. The first kappa shape index (κ1) is 17.7. The second-order valence-corrected chi connectivity index (χ2v) is 6.27. The van der Waals surface area contributed by atoms with Gasteiger partial charge < -0.3 is 10.6 Å². The lowest BCUT2D eigenvalue weighted by molar-refractivity contribution is -0.115. The topological polar surface area (TPSA) is 41.1 Å². The third kappa shape index (κ3) is 5.18. The summed E-state index contributed by atoms with van der Waals surface area (Å²) in [5.41, 5.74) is 4.87. The van der Waals surface area contributed by atoms with Crippen LogP contribution in [0.15, 0.2) is 72.8 Å². The molecule has 3 rings (SSSR count). The molecule has 0 aromatic heterocycles. The van der Waals surface area contributed by atoms with Gasteiger partial charge in [0, 0.05) is 17.9 Å². The number of amides is 1. The molecule has 0 saturated heterocycles. The first-order valence-electron chi connectivity index (χ1n) is 8.52. The van der Waals surface area contributed by atoms with E-state index in [1.807, 2.05) is 55.5 Å². The molecule has 4 heteroatoms. The van der Waals surface area contributed by atoms with Gasteiger partial charge in [0.15, 0.2) is 0 Å². The Labute approximate surface area is 152 Å². The van der Waals surface area contributed by atoms with Gasteiger partial charge >= 0.3 is 0 Å². The molecule has 3 aromatic rings. The highest BCUT2D eigenvalue weighted by Gasteiger charge is 2.04. The van der Waals surface area contributed by atoms with Crippen LogP contribution in [0.25, 0.3) is 0 Å². The Morgan fingerprint density at radius 1 is 0.808 bits per heavy atom. The van der Waals surface area contributed by atoms with Gasteiger partial charge in [0.25, 0.3) is 0 Å². The molecule has 0 aliphatic rings. The molecule has 0 aliphatic heterocycles. The van der Waals surface area contributed by atoms with E-state index in [0.29, 0.717) is 13.0 Å². The Morgan fingerprint density at radius 2 is 1.38 bits per heavy atom. The quantitative estimate of drug-likeness (QED) is 0.663. The van der Waals surface area contributed by atoms with Gasteiger partial charge in [0.05, 0.1) is 6.42 Å². The van der Waals surface area contributed by atoms with Gasteiger partial charge in [-0.2, -0.15) is 0 Å². The molecule has 0 saturated carbocycles. The first-order chi connectivity index (χ1) is 12.6. The number of carbonyl (C=O) groups is 1. The van der Waals surface area contributed by atoms with Gasteiger partial charge in [-0.15, -0.1) is 0 Å². The Morgan fingerprint density at radius 3 is 2.04 bits per heavy atom. The van der Waals surface area contributed by atoms with E-state index in [1.165, 1.54) is 17.7 Å². The van der Waals surface area contributed by atoms with E-state index in [4.69, 9.17) is 0 Å². The number of hydrogen-bond acceptors (Lipinski definition) is 2. The normalized spacial score (nSPS) is 10.4. The van der Waals surface area contributed by atoms with Crippen LogP contribution in [-0.2, 0) is 17.8 Å². The van der Waals surface area contributed by atoms with Crippen molar-refractivity contribution in [3.8, 4) is 0 Å². The van der Waals surface area contributed by atoms with E-state index in [2.05, 4.69) is 10.6 Å². The molecule has 0 spiro atoms. The fourth-order valence-corrected chi connectivity index (χ4v) is 2.57. The lowest BCUT2D eigenvalue weighted by atomic mass is 10.1. The number of carbonyl (C=O) groups excluding carboxylic acids is 1. The molecule has 0 aliphatic carbocycles. The molecule has 132 valence electrons. The number of benzene rings is 3. The van der Waals surface area contributed by atoms with E-state index in [-0.39, 0.29) is 11.7 Å². The molecule has 0 radical (unpaired) electrons. The molecular formula is C22H21FN2O. The van der Waals surface area contributed by atoms with Crippen molar-refractivity contribution in [2.45, 2.75) is 19.9 Å². The van der Waals surface area contributed by atoms with E-state index < -0.39 is 0 Å². The minimum Gasteiger partial charge on any atom is -0.381 e. The maximum Gasteiger partial charge on any atom is 0.228 e. The number of rotatable bonds is 6. The highest BCUT2D eigenvalue weighted by molar-refractivity contribution is 5.92. The summed E-state index contributed by atoms with van der Waals surface area (Å²) in [6, 6.07) is 21.9. The van der Waals surface area contributed by atoms with Crippen LogP contribution in [0.3, 0.4) is 0 Å². The van der Waals surface area contributed by atoms with Crippen LogP contribution in [0.2, 0.25) is 0 Å². The predicted molar refractivity (Wildman–Crippen MR) is 104 cm³/mol. The van der Waals surface area contributed by atoms with Gasteiger partial charge in [-0.1, -0.05) is 42.0 Å². The van der Waals surface area contributed by atoms with Crippen molar-refractivity contribution in [3.63, 3.8) is 0 Å². The molecule has 3 nitrogen and oxygen atoms in total. The van der Waals surface area contributed by atoms with Crippen LogP contribution in [-0.4, -0.2) is 5.91 Å². The Hall–Kier alpha value is -3.14. The van der Waals surface area contributed by atoms with Crippen LogP contribution < -0.4 is 10.6 Å². The molecule has 0 fully saturated rings. The summed E-state index contributed by atoms with van der Waals surface area (Å²) in [6.07, 6.45) is 0.352. The van der Waals surface area contributed by atoms with Crippen LogP contribution >= 0.6 is 0 Å². The highest BCUT2D eigenvalue weighted by atomic mass is 19.1. The fourth-order valence-electron chi connectivity index (χ4n) is 2.57. The molecule has 1 amide bonds.